The van der Waals surface area contributed by atoms with Gasteiger partial charge in [-0.3, -0.25) is 4.79 Å². The van der Waals surface area contributed by atoms with Crippen molar-refractivity contribution in [2.45, 2.75) is 0 Å². The fourth-order valence-electron chi connectivity index (χ4n) is 0.474. The maximum absolute atomic E-state index is 10.4. The Hall–Kier alpha value is -1.29. The van der Waals surface area contributed by atoms with Crippen molar-refractivity contribution >= 4 is 5.69 Å². The third kappa shape index (κ3) is 1.30. The summed E-state index contributed by atoms with van der Waals surface area (Å²) in [6.45, 7) is 0. The molecule has 1 rings (SSSR count). The first-order chi connectivity index (χ1) is 4.33. The molecule has 1 aromatic rings. The van der Waals surface area contributed by atoms with E-state index in [0.717, 1.165) is 0 Å². The van der Waals surface area contributed by atoms with Crippen LogP contribution >= 0.6 is 0 Å². The molecule has 0 atom stereocenters. The summed E-state index contributed by atoms with van der Waals surface area (Å²) >= 11 is 0. The summed E-state index contributed by atoms with van der Waals surface area (Å²) in [5, 5.41) is 9.87. The number of nitrogens with one attached hydrogen (secondary N) is 2. The Labute approximate surface area is 51.1 Å². The monoisotopic (exact) mass is 125 g/mol. The van der Waals surface area contributed by atoms with E-state index >= 15 is 0 Å². The van der Waals surface area contributed by atoms with Crippen molar-refractivity contribution in [3.63, 3.8) is 0 Å². The zero-order valence-corrected chi connectivity index (χ0v) is 4.55. The number of hydrogen-bond acceptors (Lipinski definition) is 3. The molecule has 0 radical (unpaired) electrons. The Bertz CT molecular complexity index is 222. The average Bonchev–Trinajstić information content (AvgIpc) is 1.90. The molecule has 0 bridgehead atoms. The van der Waals surface area contributed by atoms with Crippen molar-refractivity contribution in [1.29, 1.82) is 0 Å². The SMILES string of the molecule is O=c1ccc(N[O-])c[nH]1. The van der Waals surface area contributed by atoms with Crippen molar-refractivity contribution in [3.8, 4) is 0 Å². The topological polar surface area (TPSA) is 67.9 Å². The minimum absolute atomic E-state index is 0.214. The van der Waals surface area contributed by atoms with Crippen molar-refractivity contribution in [3.05, 3.63) is 33.9 Å². The third-order valence-corrected chi connectivity index (χ3v) is 0.902. The zero-order valence-electron chi connectivity index (χ0n) is 4.55. The van der Waals surface area contributed by atoms with Crippen LogP contribution < -0.4 is 11.0 Å². The minimum atomic E-state index is -0.214. The molecule has 1 aromatic heterocycles. The summed E-state index contributed by atoms with van der Waals surface area (Å²) in [6.07, 6.45) is 1.31. The molecule has 9 heavy (non-hydrogen) atoms. The molecule has 48 valence electrons. The first kappa shape index (κ1) is 5.84. The van der Waals surface area contributed by atoms with E-state index in [1.165, 1.54) is 18.3 Å². The number of rotatable bonds is 1. The van der Waals surface area contributed by atoms with Gasteiger partial charge in [0, 0.05) is 18.0 Å². The van der Waals surface area contributed by atoms with Gasteiger partial charge in [0.25, 0.3) is 0 Å². The van der Waals surface area contributed by atoms with E-state index in [-0.39, 0.29) is 5.56 Å². The van der Waals surface area contributed by atoms with Gasteiger partial charge in [-0.05, 0) is 6.07 Å². The van der Waals surface area contributed by atoms with E-state index in [1.54, 1.807) is 5.48 Å². The third-order valence-electron chi connectivity index (χ3n) is 0.902. The van der Waals surface area contributed by atoms with Crippen LogP contribution in [0, 0.1) is 5.21 Å². The van der Waals surface area contributed by atoms with Gasteiger partial charge >= 0.3 is 0 Å². The van der Waals surface area contributed by atoms with Gasteiger partial charge in [-0.25, -0.2) is 0 Å². The Kier molecular flexibility index (Phi) is 1.51. The Morgan fingerprint density at radius 2 is 2.33 bits per heavy atom. The van der Waals surface area contributed by atoms with Gasteiger partial charge in [0.1, 0.15) is 0 Å². The molecule has 2 N–H and O–H groups in total. The van der Waals surface area contributed by atoms with Gasteiger partial charge in [-0.1, -0.05) is 0 Å². The number of pyridine rings is 1. The van der Waals surface area contributed by atoms with Gasteiger partial charge in [-0.15, -0.1) is 0 Å². The fourth-order valence-corrected chi connectivity index (χ4v) is 0.474. The molecule has 0 amide bonds. The second kappa shape index (κ2) is 2.32. The summed E-state index contributed by atoms with van der Waals surface area (Å²) in [4.78, 5) is 12.7. The quantitative estimate of drug-likeness (QED) is 0.530. The molecule has 4 nitrogen and oxygen atoms in total. The lowest BCUT2D eigenvalue weighted by atomic mass is 10.4. The molecule has 0 aliphatic carbocycles. The molecule has 0 saturated heterocycles. The van der Waals surface area contributed by atoms with Gasteiger partial charge in [0.15, 0.2) is 0 Å². The van der Waals surface area contributed by atoms with Crippen molar-refractivity contribution in [1.82, 2.24) is 4.98 Å². The molecular weight excluding hydrogens is 120 g/mol. The summed E-state index contributed by atoms with van der Waals surface area (Å²) < 4.78 is 0. The summed E-state index contributed by atoms with van der Waals surface area (Å²) in [5.41, 5.74) is 1.78. The van der Waals surface area contributed by atoms with Gasteiger partial charge in [-0.2, -0.15) is 0 Å². The largest absolute Gasteiger partial charge is 0.761 e. The highest BCUT2D eigenvalue weighted by Gasteiger charge is 1.81. The van der Waals surface area contributed by atoms with Gasteiger partial charge < -0.3 is 15.7 Å². The molecule has 0 aliphatic rings. The van der Waals surface area contributed by atoms with Crippen LogP contribution in [-0.4, -0.2) is 4.98 Å². The highest BCUT2D eigenvalue weighted by Crippen LogP contribution is 1.96. The van der Waals surface area contributed by atoms with E-state index in [9.17, 15) is 10.0 Å². The van der Waals surface area contributed by atoms with E-state index in [4.69, 9.17) is 0 Å². The summed E-state index contributed by atoms with van der Waals surface area (Å²) in [6, 6.07) is 2.69. The Morgan fingerprint density at radius 1 is 1.56 bits per heavy atom. The maximum Gasteiger partial charge on any atom is 0.248 e. The minimum Gasteiger partial charge on any atom is -0.761 e. The van der Waals surface area contributed by atoms with Crippen LogP contribution in [0.25, 0.3) is 0 Å². The number of hydrogen-bond donors (Lipinski definition) is 2. The van der Waals surface area contributed by atoms with Crippen LogP contribution in [0.3, 0.4) is 0 Å². The predicted molar refractivity (Wildman–Crippen MR) is 34.1 cm³/mol. The standard InChI is InChI=1S/C5H5N2O2/c8-5-2-1-4(7-9)3-6-5/h1-3,7H,(H,6,8)/q-1. The molecule has 0 aliphatic heterocycles. The Morgan fingerprint density at radius 3 is 2.78 bits per heavy atom. The summed E-state index contributed by atoms with van der Waals surface area (Å²) in [5.74, 6) is 0. The van der Waals surface area contributed by atoms with E-state index < -0.39 is 0 Å². The first-order valence-electron chi connectivity index (χ1n) is 2.40. The molecule has 0 unspecified atom stereocenters. The summed E-state index contributed by atoms with van der Waals surface area (Å²) in [7, 11) is 0. The smallest absolute Gasteiger partial charge is 0.248 e. The van der Waals surface area contributed by atoms with Gasteiger partial charge in [0.2, 0.25) is 5.56 Å². The number of anilines is 1. The number of H-pyrrole nitrogens is 1. The van der Waals surface area contributed by atoms with Crippen LogP contribution in [-0.2, 0) is 0 Å². The van der Waals surface area contributed by atoms with Crippen molar-refractivity contribution in [2.75, 3.05) is 5.48 Å². The van der Waals surface area contributed by atoms with Crippen LogP contribution in [0.1, 0.15) is 0 Å². The highest BCUT2D eigenvalue weighted by molar-refractivity contribution is 5.39. The second-order valence-electron chi connectivity index (χ2n) is 1.54. The van der Waals surface area contributed by atoms with E-state index in [1.807, 2.05) is 0 Å². The van der Waals surface area contributed by atoms with E-state index in [0.29, 0.717) is 5.69 Å². The molecular formula is C5H5N2O2-. The molecule has 0 saturated carbocycles. The van der Waals surface area contributed by atoms with Crippen LogP contribution in [0.4, 0.5) is 5.69 Å². The lowest BCUT2D eigenvalue weighted by molar-refractivity contribution is 1.24. The average molecular weight is 125 g/mol. The van der Waals surface area contributed by atoms with Gasteiger partial charge in [0.05, 0.1) is 0 Å². The number of aromatic nitrogens is 1. The zero-order chi connectivity index (χ0) is 6.69. The molecule has 0 spiro atoms. The van der Waals surface area contributed by atoms with Crippen LogP contribution in [0.2, 0.25) is 0 Å². The maximum atomic E-state index is 10.4. The Balaban J connectivity index is 3.02. The fraction of sp³-hybridized carbons (Fsp3) is 0. The van der Waals surface area contributed by atoms with Crippen molar-refractivity contribution in [2.24, 2.45) is 0 Å². The lowest BCUT2D eigenvalue weighted by Gasteiger charge is -2.06. The number of aromatic amines is 1. The first-order valence-corrected chi connectivity index (χ1v) is 2.40. The van der Waals surface area contributed by atoms with Crippen LogP contribution in [0.5, 0.6) is 0 Å². The molecule has 0 aromatic carbocycles. The van der Waals surface area contributed by atoms with Crippen molar-refractivity contribution < 1.29 is 0 Å². The van der Waals surface area contributed by atoms with E-state index in [2.05, 4.69) is 4.98 Å². The molecule has 1 heterocycles. The predicted octanol–water partition coefficient (Wildman–Crippen LogP) is 0.285. The molecule has 0 fully saturated rings. The normalized spacial score (nSPS) is 9.00. The van der Waals surface area contributed by atoms with Crippen LogP contribution in [0.15, 0.2) is 23.1 Å². The highest BCUT2D eigenvalue weighted by atomic mass is 16.5. The second-order valence-corrected chi connectivity index (χ2v) is 1.54. The lowest BCUT2D eigenvalue weighted by Crippen LogP contribution is -2.01. The molecule has 4 heteroatoms.